The summed E-state index contributed by atoms with van der Waals surface area (Å²) >= 11 is 0. The predicted molar refractivity (Wildman–Crippen MR) is 109 cm³/mol. The highest BCUT2D eigenvalue weighted by atomic mass is 28.4. The molecule has 25 heavy (non-hydrogen) atoms. The van der Waals surface area contributed by atoms with Gasteiger partial charge in [-0.05, 0) is 29.6 Å². The number of rotatable bonds is 11. The van der Waals surface area contributed by atoms with Crippen LogP contribution >= 0.6 is 0 Å². The fraction of sp³-hybridized carbons (Fsp3) is 0.364. The molecule has 0 saturated carbocycles. The average Bonchev–Trinajstić information content (AvgIpc) is 2.68. The summed E-state index contributed by atoms with van der Waals surface area (Å²) in [5.74, 6) is 0. The van der Waals surface area contributed by atoms with Gasteiger partial charge in [-0.1, -0.05) is 93.1 Å². The van der Waals surface area contributed by atoms with E-state index in [4.69, 9.17) is 8.85 Å². The Morgan fingerprint density at radius 2 is 1.32 bits per heavy atom. The Kier molecular flexibility index (Phi) is 8.67. The van der Waals surface area contributed by atoms with Crippen molar-refractivity contribution in [3.05, 3.63) is 72.8 Å². The van der Waals surface area contributed by atoms with Crippen molar-refractivity contribution >= 4 is 18.9 Å². The van der Waals surface area contributed by atoms with Gasteiger partial charge in [-0.25, -0.2) is 0 Å². The van der Waals surface area contributed by atoms with E-state index in [9.17, 15) is 0 Å². The third-order valence-corrected chi connectivity index (χ3v) is 7.51. The summed E-state index contributed by atoms with van der Waals surface area (Å²) in [5.41, 5.74) is 0. The summed E-state index contributed by atoms with van der Waals surface area (Å²) in [6, 6.07) is 21.0. The third kappa shape index (κ3) is 5.67. The van der Waals surface area contributed by atoms with E-state index in [1.165, 1.54) is 10.4 Å². The summed E-state index contributed by atoms with van der Waals surface area (Å²) in [6.07, 6.45) is 8.53. The standard InChI is InChI=1S/C22H30O2Si/c1-3-5-7-14-20-24-25(23-19-6-4-2,21-15-10-8-11-16-21)22-17-12-9-13-18-22/h5,7-13,15-18H,3-4,6,14,19-20H2,1-2H3/b7-5-. The SMILES string of the molecule is CC/C=C\CCO[Si](OCCCC)(c1ccccc1)c1ccccc1. The van der Waals surface area contributed by atoms with Crippen molar-refractivity contribution in [3.8, 4) is 0 Å². The van der Waals surface area contributed by atoms with Gasteiger partial charge >= 0.3 is 8.56 Å². The first-order valence-corrected chi connectivity index (χ1v) is 11.2. The highest BCUT2D eigenvalue weighted by molar-refractivity contribution is 6.92. The monoisotopic (exact) mass is 354 g/mol. The molecule has 134 valence electrons. The lowest BCUT2D eigenvalue weighted by molar-refractivity contribution is 0.191. The van der Waals surface area contributed by atoms with Crippen molar-refractivity contribution < 1.29 is 8.85 Å². The van der Waals surface area contributed by atoms with E-state index < -0.39 is 8.56 Å². The van der Waals surface area contributed by atoms with Crippen molar-refractivity contribution in [3.63, 3.8) is 0 Å². The minimum atomic E-state index is -2.68. The van der Waals surface area contributed by atoms with Crippen LogP contribution in [0.5, 0.6) is 0 Å². The fourth-order valence-corrected chi connectivity index (χ4v) is 5.96. The summed E-state index contributed by atoms with van der Waals surface area (Å²) in [6.45, 7) is 5.75. The molecule has 2 nitrogen and oxygen atoms in total. The minimum absolute atomic E-state index is 0.679. The van der Waals surface area contributed by atoms with E-state index in [2.05, 4.69) is 74.5 Å². The third-order valence-electron chi connectivity index (χ3n) is 4.10. The maximum atomic E-state index is 6.56. The van der Waals surface area contributed by atoms with Crippen LogP contribution in [0.4, 0.5) is 0 Å². The van der Waals surface area contributed by atoms with E-state index >= 15 is 0 Å². The molecule has 0 atom stereocenters. The molecule has 0 heterocycles. The summed E-state index contributed by atoms with van der Waals surface area (Å²) in [4.78, 5) is 0. The van der Waals surface area contributed by atoms with Gasteiger partial charge in [0.05, 0.1) is 0 Å². The van der Waals surface area contributed by atoms with Crippen molar-refractivity contribution in [1.29, 1.82) is 0 Å². The van der Waals surface area contributed by atoms with Crippen LogP contribution in [0.1, 0.15) is 39.5 Å². The summed E-state index contributed by atoms with van der Waals surface area (Å²) < 4.78 is 13.1. The average molecular weight is 355 g/mol. The van der Waals surface area contributed by atoms with Crippen LogP contribution < -0.4 is 10.4 Å². The molecular formula is C22H30O2Si. The van der Waals surface area contributed by atoms with Gasteiger partial charge in [0.1, 0.15) is 0 Å². The smallest absolute Gasteiger partial charge is 0.388 e. The molecule has 0 fully saturated rings. The Morgan fingerprint density at radius 3 is 1.84 bits per heavy atom. The second-order valence-electron chi connectivity index (χ2n) is 6.07. The van der Waals surface area contributed by atoms with E-state index in [1.807, 2.05) is 12.1 Å². The van der Waals surface area contributed by atoms with Gasteiger partial charge in [0, 0.05) is 13.2 Å². The first-order valence-electron chi connectivity index (χ1n) is 9.37. The molecule has 0 N–H and O–H groups in total. The number of allylic oxidation sites excluding steroid dienone is 1. The summed E-state index contributed by atoms with van der Waals surface area (Å²) in [7, 11) is -2.68. The van der Waals surface area contributed by atoms with E-state index in [-0.39, 0.29) is 0 Å². The Bertz CT molecular complexity index is 571. The van der Waals surface area contributed by atoms with E-state index in [1.54, 1.807) is 0 Å². The Hall–Kier alpha value is -1.68. The second-order valence-corrected chi connectivity index (χ2v) is 9.03. The highest BCUT2D eigenvalue weighted by Crippen LogP contribution is 2.12. The van der Waals surface area contributed by atoms with Gasteiger partial charge in [0.25, 0.3) is 0 Å². The lowest BCUT2D eigenvalue weighted by Gasteiger charge is -2.31. The lowest BCUT2D eigenvalue weighted by atomic mass is 10.3. The zero-order chi connectivity index (χ0) is 17.8. The number of unbranched alkanes of at least 4 members (excludes halogenated alkanes) is 1. The number of hydrogen-bond acceptors (Lipinski definition) is 2. The molecule has 0 saturated heterocycles. The second kappa shape index (κ2) is 11.0. The van der Waals surface area contributed by atoms with Gasteiger partial charge in [-0.15, -0.1) is 0 Å². The van der Waals surface area contributed by atoms with Crippen molar-refractivity contribution in [2.24, 2.45) is 0 Å². The van der Waals surface area contributed by atoms with E-state index in [0.29, 0.717) is 6.61 Å². The quantitative estimate of drug-likeness (QED) is 0.337. The van der Waals surface area contributed by atoms with Gasteiger partial charge in [0.15, 0.2) is 0 Å². The number of hydrogen-bond donors (Lipinski definition) is 0. The molecule has 2 aromatic carbocycles. The van der Waals surface area contributed by atoms with Crippen molar-refractivity contribution in [1.82, 2.24) is 0 Å². The predicted octanol–water partition coefficient (Wildman–Crippen LogP) is 4.43. The van der Waals surface area contributed by atoms with Crippen molar-refractivity contribution in [2.75, 3.05) is 13.2 Å². The van der Waals surface area contributed by atoms with Crippen LogP contribution in [0.25, 0.3) is 0 Å². The molecule has 3 heteroatoms. The van der Waals surface area contributed by atoms with Crippen molar-refractivity contribution in [2.45, 2.75) is 39.5 Å². The topological polar surface area (TPSA) is 18.5 Å². The zero-order valence-electron chi connectivity index (χ0n) is 15.5. The molecule has 0 spiro atoms. The van der Waals surface area contributed by atoms with Crippen LogP contribution in [0.3, 0.4) is 0 Å². The number of benzene rings is 2. The molecule has 0 aromatic heterocycles. The molecule has 0 amide bonds. The molecule has 0 aliphatic carbocycles. The maximum absolute atomic E-state index is 6.56. The minimum Gasteiger partial charge on any atom is -0.388 e. The molecule has 0 aliphatic rings. The van der Waals surface area contributed by atoms with Crippen LogP contribution in [-0.4, -0.2) is 21.8 Å². The first-order chi connectivity index (χ1) is 12.3. The largest absolute Gasteiger partial charge is 0.407 e. The van der Waals surface area contributed by atoms with Crippen LogP contribution in [0.15, 0.2) is 72.8 Å². The van der Waals surface area contributed by atoms with Crippen LogP contribution in [0, 0.1) is 0 Å². The lowest BCUT2D eigenvalue weighted by Crippen LogP contribution is -2.63. The zero-order valence-corrected chi connectivity index (χ0v) is 16.5. The van der Waals surface area contributed by atoms with E-state index in [0.717, 1.165) is 32.3 Å². The van der Waals surface area contributed by atoms with Gasteiger partial charge in [-0.3, -0.25) is 0 Å². The highest BCUT2D eigenvalue weighted by Gasteiger charge is 2.42. The maximum Gasteiger partial charge on any atom is 0.407 e. The summed E-state index contributed by atoms with van der Waals surface area (Å²) in [5, 5.41) is 2.36. The molecule has 2 rings (SSSR count). The normalized spacial score (nSPS) is 11.9. The Morgan fingerprint density at radius 1 is 0.760 bits per heavy atom. The Balaban J connectivity index is 2.33. The molecule has 0 radical (unpaired) electrons. The van der Waals surface area contributed by atoms with Crippen LogP contribution in [0.2, 0.25) is 0 Å². The van der Waals surface area contributed by atoms with Crippen LogP contribution in [-0.2, 0) is 8.85 Å². The molecule has 0 aliphatic heterocycles. The van der Waals surface area contributed by atoms with Gasteiger partial charge < -0.3 is 8.85 Å². The fourth-order valence-electron chi connectivity index (χ4n) is 2.77. The molecule has 0 unspecified atom stereocenters. The van der Waals surface area contributed by atoms with Gasteiger partial charge in [0.2, 0.25) is 0 Å². The Labute approximate surface area is 153 Å². The first kappa shape index (κ1) is 19.6. The molecule has 2 aromatic rings. The van der Waals surface area contributed by atoms with Gasteiger partial charge in [-0.2, -0.15) is 0 Å². The molecular weight excluding hydrogens is 324 g/mol. The molecule has 0 bridgehead atoms.